The Labute approximate surface area is 118 Å². The number of aliphatic hydroxyl groups is 1. The highest BCUT2D eigenvalue weighted by Crippen LogP contribution is 2.23. The summed E-state index contributed by atoms with van der Waals surface area (Å²) < 4.78 is 13.8. The third-order valence-corrected chi connectivity index (χ3v) is 3.89. The minimum Gasteiger partial charge on any atom is -0.384 e. The molecule has 4 nitrogen and oxygen atoms in total. The van der Waals surface area contributed by atoms with Crippen LogP contribution in [-0.2, 0) is 4.79 Å². The Hall–Kier alpha value is -1.46. The number of aliphatic hydroxyl groups excluding tert-OH is 1. The largest absolute Gasteiger partial charge is 0.384 e. The molecule has 1 aromatic rings. The van der Waals surface area contributed by atoms with E-state index in [9.17, 15) is 14.3 Å². The van der Waals surface area contributed by atoms with Crippen LogP contribution in [0.2, 0.25) is 0 Å². The first-order chi connectivity index (χ1) is 9.50. The molecule has 0 saturated carbocycles. The number of carbonyl (C=O) groups is 1. The van der Waals surface area contributed by atoms with Crippen LogP contribution in [0.15, 0.2) is 24.3 Å². The molecule has 1 aliphatic heterocycles. The van der Waals surface area contributed by atoms with Crippen molar-refractivity contribution in [1.82, 2.24) is 9.80 Å². The number of carbonyl (C=O) groups excluding carboxylic acids is 1. The summed E-state index contributed by atoms with van der Waals surface area (Å²) in [5.74, 6) is -0.425. The fourth-order valence-electron chi connectivity index (χ4n) is 2.60. The van der Waals surface area contributed by atoms with Gasteiger partial charge in [-0.3, -0.25) is 9.69 Å². The van der Waals surface area contributed by atoms with Crippen LogP contribution in [0.4, 0.5) is 4.39 Å². The van der Waals surface area contributed by atoms with E-state index in [1.165, 1.54) is 13.0 Å². The summed E-state index contributed by atoms with van der Waals surface area (Å²) in [4.78, 5) is 15.5. The topological polar surface area (TPSA) is 43.8 Å². The van der Waals surface area contributed by atoms with Crippen molar-refractivity contribution in [1.29, 1.82) is 0 Å². The van der Waals surface area contributed by atoms with E-state index in [-0.39, 0.29) is 17.8 Å². The Morgan fingerprint density at radius 3 is 2.35 bits per heavy atom. The predicted octanol–water partition coefficient (Wildman–Crippen LogP) is 1.41. The van der Waals surface area contributed by atoms with Crippen molar-refractivity contribution in [2.75, 3.05) is 26.2 Å². The number of nitrogens with zero attached hydrogens (tertiary/aromatic N) is 2. The first kappa shape index (κ1) is 14.9. The molecule has 0 radical (unpaired) electrons. The van der Waals surface area contributed by atoms with E-state index >= 15 is 0 Å². The molecule has 1 amide bonds. The fraction of sp³-hybridized carbons (Fsp3) is 0.533. The van der Waals surface area contributed by atoms with Gasteiger partial charge in [-0.25, -0.2) is 4.39 Å². The molecule has 0 bridgehead atoms. The summed E-state index contributed by atoms with van der Waals surface area (Å²) in [6, 6.07) is 6.78. The SMILES string of the molecule is CC(O)C(=O)N1CCN(C(C)c2ccccc2F)CC1. The Kier molecular flexibility index (Phi) is 4.73. The summed E-state index contributed by atoms with van der Waals surface area (Å²) in [5, 5.41) is 9.31. The first-order valence-electron chi connectivity index (χ1n) is 6.96. The van der Waals surface area contributed by atoms with Crippen molar-refractivity contribution >= 4 is 5.91 Å². The molecule has 1 heterocycles. The molecule has 20 heavy (non-hydrogen) atoms. The lowest BCUT2D eigenvalue weighted by Crippen LogP contribution is -2.51. The normalized spacial score (nSPS) is 19.7. The van der Waals surface area contributed by atoms with E-state index in [1.807, 2.05) is 13.0 Å². The average molecular weight is 280 g/mol. The van der Waals surface area contributed by atoms with Crippen LogP contribution in [-0.4, -0.2) is 53.1 Å². The van der Waals surface area contributed by atoms with Crippen LogP contribution in [0.25, 0.3) is 0 Å². The number of rotatable bonds is 3. The van der Waals surface area contributed by atoms with Crippen molar-refractivity contribution in [3.05, 3.63) is 35.6 Å². The van der Waals surface area contributed by atoms with E-state index < -0.39 is 6.10 Å². The molecule has 0 aliphatic carbocycles. The van der Waals surface area contributed by atoms with Gasteiger partial charge in [0, 0.05) is 37.8 Å². The summed E-state index contributed by atoms with van der Waals surface area (Å²) in [5.41, 5.74) is 0.683. The third kappa shape index (κ3) is 3.16. The zero-order valence-corrected chi connectivity index (χ0v) is 11.9. The molecule has 110 valence electrons. The average Bonchev–Trinajstić information content (AvgIpc) is 2.46. The van der Waals surface area contributed by atoms with Crippen molar-refractivity contribution in [3.8, 4) is 0 Å². The number of hydrogen-bond acceptors (Lipinski definition) is 3. The minimum atomic E-state index is -0.953. The molecule has 2 atom stereocenters. The number of amides is 1. The van der Waals surface area contributed by atoms with Crippen molar-refractivity contribution in [2.24, 2.45) is 0 Å². The minimum absolute atomic E-state index is 0.0139. The van der Waals surface area contributed by atoms with Crippen molar-refractivity contribution < 1.29 is 14.3 Å². The molecule has 0 aromatic heterocycles. The second-order valence-corrected chi connectivity index (χ2v) is 5.23. The fourth-order valence-corrected chi connectivity index (χ4v) is 2.60. The van der Waals surface area contributed by atoms with Gasteiger partial charge < -0.3 is 10.0 Å². The van der Waals surface area contributed by atoms with E-state index in [2.05, 4.69) is 4.90 Å². The van der Waals surface area contributed by atoms with Gasteiger partial charge in [-0.2, -0.15) is 0 Å². The Balaban J connectivity index is 1.97. The van der Waals surface area contributed by atoms with E-state index in [4.69, 9.17) is 0 Å². The molecule has 2 rings (SSSR count). The second kappa shape index (κ2) is 6.33. The molecule has 0 spiro atoms. The molecule has 2 unspecified atom stereocenters. The van der Waals surface area contributed by atoms with Gasteiger partial charge in [-0.15, -0.1) is 0 Å². The van der Waals surface area contributed by atoms with Crippen LogP contribution in [0, 0.1) is 5.82 Å². The second-order valence-electron chi connectivity index (χ2n) is 5.23. The Morgan fingerprint density at radius 1 is 1.20 bits per heavy atom. The highest BCUT2D eigenvalue weighted by atomic mass is 19.1. The zero-order chi connectivity index (χ0) is 14.7. The lowest BCUT2D eigenvalue weighted by atomic mass is 10.1. The molecule has 5 heteroatoms. The first-order valence-corrected chi connectivity index (χ1v) is 6.96. The highest BCUT2D eigenvalue weighted by Gasteiger charge is 2.27. The smallest absolute Gasteiger partial charge is 0.251 e. The van der Waals surface area contributed by atoms with Gasteiger partial charge in [0.05, 0.1) is 0 Å². The van der Waals surface area contributed by atoms with Crippen molar-refractivity contribution in [3.63, 3.8) is 0 Å². The van der Waals surface area contributed by atoms with Gasteiger partial charge in [-0.05, 0) is 19.9 Å². The Morgan fingerprint density at radius 2 is 1.80 bits per heavy atom. The maximum Gasteiger partial charge on any atom is 0.251 e. The summed E-state index contributed by atoms with van der Waals surface area (Å²) in [7, 11) is 0. The maximum atomic E-state index is 13.8. The van der Waals surface area contributed by atoms with E-state index in [1.54, 1.807) is 17.0 Å². The summed E-state index contributed by atoms with van der Waals surface area (Å²) >= 11 is 0. The summed E-state index contributed by atoms with van der Waals surface area (Å²) in [6.45, 7) is 5.98. The number of halogens is 1. The Bertz CT molecular complexity index is 471. The monoisotopic (exact) mass is 280 g/mol. The van der Waals surface area contributed by atoms with Gasteiger partial charge in [0.1, 0.15) is 11.9 Å². The molecule has 1 N–H and O–H groups in total. The highest BCUT2D eigenvalue weighted by molar-refractivity contribution is 5.80. The van der Waals surface area contributed by atoms with Crippen LogP contribution in [0.1, 0.15) is 25.5 Å². The number of benzene rings is 1. The number of piperazine rings is 1. The van der Waals surface area contributed by atoms with Gasteiger partial charge in [0.15, 0.2) is 0 Å². The molecular weight excluding hydrogens is 259 g/mol. The van der Waals surface area contributed by atoms with E-state index in [0.717, 1.165) is 0 Å². The van der Waals surface area contributed by atoms with Gasteiger partial charge in [0.2, 0.25) is 0 Å². The van der Waals surface area contributed by atoms with Crippen LogP contribution in [0.5, 0.6) is 0 Å². The van der Waals surface area contributed by atoms with E-state index in [0.29, 0.717) is 31.7 Å². The number of hydrogen-bond donors (Lipinski definition) is 1. The van der Waals surface area contributed by atoms with Gasteiger partial charge in [0.25, 0.3) is 5.91 Å². The molecule has 1 fully saturated rings. The lowest BCUT2D eigenvalue weighted by molar-refractivity contribution is -0.141. The van der Waals surface area contributed by atoms with Gasteiger partial charge >= 0.3 is 0 Å². The molecular formula is C15H21FN2O2. The summed E-state index contributed by atoms with van der Waals surface area (Å²) in [6.07, 6.45) is -0.953. The van der Waals surface area contributed by atoms with Crippen LogP contribution in [0.3, 0.4) is 0 Å². The standard InChI is InChI=1S/C15H21FN2O2/c1-11(13-5-3-4-6-14(13)16)17-7-9-18(10-8-17)15(20)12(2)19/h3-6,11-12,19H,7-10H2,1-2H3. The van der Waals surface area contributed by atoms with Crippen LogP contribution >= 0.6 is 0 Å². The van der Waals surface area contributed by atoms with Crippen LogP contribution < -0.4 is 0 Å². The molecule has 1 saturated heterocycles. The quantitative estimate of drug-likeness (QED) is 0.910. The predicted molar refractivity (Wildman–Crippen MR) is 74.6 cm³/mol. The molecule has 1 aromatic carbocycles. The maximum absolute atomic E-state index is 13.8. The zero-order valence-electron chi connectivity index (χ0n) is 11.9. The third-order valence-electron chi connectivity index (χ3n) is 3.89. The van der Waals surface area contributed by atoms with Crippen molar-refractivity contribution in [2.45, 2.75) is 26.0 Å². The lowest BCUT2D eigenvalue weighted by Gasteiger charge is -2.38. The van der Waals surface area contributed by atoms with Gasteiger partial charge in [-0.1, -0.05) is 18.2 Å². The molecule has 1 aliphatic rings.